The van der Waals surface area contributed by atoms with Gasteiger partial charge in [-0.2, -0.15) is 11.8 Å². The van der Waals surface area contributed by atoms with Gasteiger partial charge in [0.2, 0.25) is 0 Å². The summed E-state index contributed by atoms with van der Waals surface area (Å²) in [6.07, 6.45) is 1.61. The van der Waals surface area contributed by atoms with E-state index in [0.717, 1.165) is 24.3 Å². The normalized spacial score (nSPS) is 25.1. The van der Waals surface area contributed by atoms with Crippen molar-refractivity contribution in [2.24, 2.45) is 5.73 Å². The van der Waals surface area contributed by atoms with Crippen LogP contribution in [0.5, 0.6) is 0 Å². The van der Waals surface area contributed by atoms with Crippen molar-refractivity contribution in [3.63, 3.8) is 0 Å². The summed E-state index contributed by atoms with van der Waals surface area (Å²) < 4.78 is 13.5. The zero-order valence-electron chi connectivity index (χ0n) is 7.19. The average molecular weight is 177 g/mol. The minimum Gasteiger partial charge on any atom is -0.322 e. The maximum atomic E-state index is 13.5. The molecule has 0 saturated carbocycles. The number of nitrogens with two attached hydrogens (primary N) is 1. The van der Waals surface area contributed by atoms with Crippen LogP contribution in [0.2, 0.25) is 0 Å². The Morgan fingerprint density at radius 2 is 1.82 bits per heavy atom. The summed E-state index contributed by atoms with van der Waals surface area (Å²) in [4.78, 5) is 0. The molecular formula is C8H16FNS. The number of rotatable bonds is 1. The van der Waals surface area contributed by atoms with Crippen LogP contribution < -0.4 is 5.73 Å². The topological polar surface area (TPSA) is 26.0 Å². The van der Waals surface area contributed by atoms with Crippen LogP contribution in [0.15, 0.2) is 0 Å². The maximum absolute atomic E-state index is 13.5. The van der Waals surface area contributed by atoms with Crippen molar-refractivity contribution in [1.29, 1.82) is 0 Å². The first-order valence-electron chi connectivity index (χ1n) is 4.01. The molecule has 1 nitrogen and oxygen atoms in total. The van der Waals surface area contributed by atoms with Crippen molar-refractivity contribution in [3.8, 4) is 0 Å². The number of hydrogen-bond acceptors (Lipinski definition) is 2. The number of alkyl halides is 1. The first-order valence-corrected chi connectivity index (χ1v) is 5.17. The second kappa shape index (κ2) is 2.94. The fraction of sp³-hybridized carbons (Fsp3) is 1.00. The minimum atomic E-state index is -1.23. The number of halogens is 1. The van der Waals surface area contributed by atoms with Crippen LogP contribution in [0.4, 0.5) is 4.39 Å². The third kappa shape index (κ3) is 1.88. The molecule has 0 aromatic rings. The van der Waals surface area contributed by atoms with Gasteiger partial charge in [0, 0.05) is 0 Å². The predicted octanol–water partition coefficient (Wildman–Crippen LogP) is 1.96. The lowest BCUT2D eigenvalue weighted by atomic mass is 9.80. The molecule has 0 radical (unpaired) electrons. The monoisotopic (exact) mass is 177 g/mol. The Hall–Kier alpha value is 0.240. The molecule has 2 N–H and O–H groups in total. The van der Waals surface area contributed by atoms with E-state index in [0.29, 0.717) is 0 Å². The summed E-state index contributed by atoms with van der Waals surface area (Å²) in [7, 11) is 0. The van der Waals surface area contributed by atoms with Gasteiger partial charge in [-0.25, -0.2) is 4.39 Å². The van der Waals surface area contributed by atoms with Gasteiger partial charge in [0.05, 0.1) is 5.54 Å². The molecule has 66 valence electrons. The summed E-state index contributed by atoms with van der Waals surface area (Å²) in [6, 6.07) is 0. The molecule has 0 unspecified atom stereocenters. The van der Waals surface area contributed by atoms with E-state index in [1.54, 1.807) is 13.8 Å². The molecule has 0 amide bonds. The van der Waals surface area contributed by atoms with Crippen molar-refractivity contribution < 1.29 is 4.39 Å². The molecule has 0 aromatic carbocycles. The first-order chi connectivity index (χ1) is 4.96. The van der Waals surface area contributed by atoms with Crippen molar-refractivity contribution in [2.45, 2.75) is 37.9 Å². The van der Waals surface area contributed by atoms with Crippen LogP contribution in [0.1, 0.15) is 26.7 Å². The zero-order valence-corrected chi connectivity index (χ0v) is 8.01. The van der Waals surface area contributed by atoms with E-state index in [-0.39, 0.29) is 0 Å². The molecule has 1 aliphatic rings. The Morgan fingerprint density at radius 1 is 1.36 bits per heavy atom. The Balaban J connectivity index is 2.64. The van der Waals surface area contributed by atoms with E-state index >= 15 is 0 Å². The molecule has 0 aromatic heterocycles. The molecule has 0 aliphatic carbocycles. The zero-order chi connectivity index (χ0) is 8.54. The van der Waals surface area contributed by atoms with Gasteiger partial charge in [0.25, 0.3) is 0 Å². The van der Waals surface area contributed by atoms with Crippen LogP contribution in [0, 0.1) is 0 Å². The third-order valence-corrected chi connectivity index (χ3v) is 3.55. The molecule has 1 rings (SSSR count). The smallest absolute Gasteiger partial charge is 0.123 e. The van der Waals surface area contributed by atoms with E-state index in [1.807, 2.05) is 11.8 Å². The molecule has 1 aliphatic heterocycles. The molecule has 1 heterocycles. The van der Waals surface area contributed by atoms with Gasteiger partial charge in [-0.1, -0.05) is 0 Å². The van der Waals surface area contributed by atoms with E-state index < -0.39 is 11.2 Å². The van der Waals surface area contributed by atoms with E-state index in [9.17, 15) is 4.39 Å². The lowest BCUT2D eigenvalue weighted by Gasteiger charge is -2.40. The molecule has 0 atom stereocenters. The van der Waals surface area contributed by atoms with Crippen LogP contribution >= 0.6 is 11.8 Å². The third-order valence-electron chi connectivity index (χ3n) is 2.57. The van der Waals surface area contributed by atoms with E-state index in [2.05, 4.69) is 0 Å². The highest BCUT2D eigenvalue weighted by molar-refractivity contribution is 7.99. The van der Waals surface area contributed by atoms with E-state index in [1.165, 1.54) is 0 Å². The molecule has 3 heteroatoms. The van der Waals surface area contributed by atoms with Crippen molar-refractivity contribution >= 4 is 11.8 Å². The average Bonchev–Trinajstić information content (AvgIpc) is 1.87. The summed E-state index contributed by atoms with van der Waals surface area (Å²) in [6.45, 7) is 3.17. The molecule has 1 saturated heterocycles. The van der Waals surface area contributed by atoms with Crippen molar-refractivity contribution in [1.82, 2.24) is 0 Å². The Bertz CT molecular complexity index is 136. The van der Waals surface area contributed by atoms with E-state index in [4.69, 9.17) is 5.73 Å². The minimum absolute atomic E-state index is 0.571. The summed E-state index contributed by atoms with van der Waals surface area (Å²) in [5, 5.41) is 0. The van der Waals surface area contributed by atoms with Crippen molar-refractivity contribution in [3.05, 3.63) is 0 Å². The molecular weight excluding hydrogens is 161 g/mol. The van der Waals surface area contributed by atoms with Gasteiger partial charge < -0.3 is 5.73 Å². The van der Waals surface area contributed by atoms with Crippen LogP contribution in [0.3, 0.4) is 0 Å². The van der Waals surface area contributed by atoms with Crippen LogP contribution in [0.25, 0.3) is 0 Å². The summed E-state index contributed by atoms with van der Waals surface area (Å²) >= 11 is 1.87. The molecule has 0 bridgehead atoms. The van der Waals surface area contributed by atoms with Crippen molar-refractivity contribution in [2.75, 3.05) is 11.5 Å². The second-order valence-electron chi connectivity index (χ2n) is 3.74. The van der Waals surface area contributed by atoms with Crippen LogP contribution in [-0.4, -0.2) is 22.7 Å². The lowest BCUT2D eigenvalue weighted by Crippen LogP contribution is -2.56. The fourth-order valence-electron chi connectivity index (χ4n) is 1.33. The van der Waals surface area contributed by atoms with Gasteiger partial charge in [0.15, 0.2) is 0 Å². The van der Waals surface area contributed by atoms with Gasteiger partial charge in [-0.3, -0.25) is 0 Å². The van der Waals surface area contributed by atoms with Gasteiger partial charge in [0.1, 0.15) is 5.67 Å². The van der Waals surface area contributed by atoms with Gasteiger partial charge in [-0.15, -0.1) is 0 Å². The highest BCUT2D eigenvalue weighted by Gasteiger charge is 2.42. The Kier molecular flexibility index (Phi) is 2.49. The largest absolute Gasteiger partial charge is 0.322 e. The first kappa shape index (κ1) is 9.33. The quantitative estimate of drug-likeness (QED) is 0.662. The maximum Gasteiger partial charge on any atom is 0.123 e. The Labute approximate surface area is 71.9 Å². The lowest BCUT2D eigenvalue weighted by molar-refractivity contribution is 0.0861. The molecule has 11 heavy (non-hydrogen) atoms. The number of thioether (sulfide) groups is 1. The molecule has 0 spiro atoms. The highest BCUT2D eigenvalue weighted by Crippen LogP contribution is 2.35. The molecule has 1 fully saturated rings. The second-order valence-corrected chi connectivity index (χ2v) is 4.97. The predicted molar refractivity (Wildman–Crippen MR) is 48.7 cm³/mol. The highest BCUT2D eigenvalue weighted by atomic mass is 32.2. The van der Waals surface area contributed by atoms with Crippen LogP contribution in [-0.2, 0) is 0 Å². The standard InChI is InChI=1S/C8H16FNS/c1-7(2,9)8(10)3-5-11-6-4-8/h3-6,10H2,1-2H3. The number of hydrogen-bond donors (Lipinski definition) is 1. The summed E-state index contributed by atoms with van der Waals surface area (Å²) in [5.74, 6) is 2.01. The SMILES string of the molecule is CC(C)(F)C1(N)CCSCC1. The van der Waals surface area contributed by atoms with Gasteiger partial charge >= 0.3 is 0 Å². The summed E-state index contributed by atoms with van der Waals surface area (Å²) in [5.41, 5.74) is 4.15. The Morgan fingerprint density at radius 3 is 2.09 bits per heavy atom. The fourth-order valence-corrected chi connectivity index (χ4v) is 2.55. The van der Waals surface area contributed by atoms with Gasteiger partial charge in [-0.05, 0) is 38.2 Å².